The summed E-state index contributed by atoms with van der Waals surface area (Å²) in [5.41, 5.74) is 1.88. The van der Waals surface area contributed by atoms with Gasteiger partial charge in [0, 0.05) is 18.1 Å². The van der Waals surface area contributed by atoms with E-state index in [-0.39, 0.29) is 0 Å². The van der Waals surface area contributed by atoms with Crippen LogP contribution in [0.4, 0.5) is 0 Å². The first-order valence-electron chi connectivity index (χ1n) is 9.39. The third-order valence-electron chi connectivity index (χ3n) is 7.20. The summed E-state index contributed by atoms with van der Waals surface area (Å²) >= 11 is 0. The van der Waals surface area contributed by atoms with Crippen molar-refractivity contribution in [1.29, 1.82) is 0 Å². The van der Waals surface area contributed by atoms with Crippen molar-refractivity contribution in [2.45, 2.75) is 83.7 Å². The maximum absolute atomic E-state index is 3.67. The molecule has 120 valence electrons. The van der Waals surface area contributed by atoms with Gasteiger partial charge in [-0.1, -0.05) is 13.8 Å². The zero-order chi connectivity index (χ0) is 14.7. The highest BCUT2D eigenvalue weighted by Crippen LogP contribution is 2.67. The van der Waals surface area contributed by atoms with Crippen LogP contribution in [0.2, 0.25) is 0 Å². The Balaban J connectivity index is 1.60. The molecule has 3 atom stereocenters. The molecule has 4 saturated carbocycles. The van der Waals surface area contributed by atoms with Gasteiger partial charge in [0.05, 0.1) is 0 Å². The van der Waals surface area contributed by atoms with Gasteiger partial charge in [0.25, 0.3) is 0 Å². The molecule has 0 aromatic rings. The molecule has 3 unspecified atom stereocenters. The first-order valence-corrected chi connectivity index (χ1v) is 9.39. The summed E-state index contributed by atoms with van der Waals surface area (Å²) in [6, 6.07) is 0.702. The van der Waals surface area contributed by atoms with Crippen LogP contribution in [-0.4, -0.2) is 36.1 Å². The summed E-state index contributed by atoms with van der Waals surface area (Å²) in [6.07, 6.45) is 11.7. The third-order valence-corrected chi connectivity index (χ3v) is 7.20. The van der Waals surface area contributed by atoms with E-state index in [4.69, 9.17) is 0 Å². The van der Waals surface area contributed by atoms with Crippen molar-refractivity contribution in [1.82, 2.24) is 10.2 Å². The molecular formula is C19H34N2. The van der Waals surface area contributed by atoms with Crippen LogP contribution in [0, 0.1) is 16.7 Å². The second-order valence-corrected chi connectivity index (χ2v) is 9.84. The summed E-state index contributed by atoms with van der Waals surface area (Å²) < 4.78 is 0. The van der Waals surface area contributed by atoms with E-state index in [1.165, 1.54) is 71.0 Å². The van der Waals surface area contributed by atoms with Crippen LogP contribution < -0.4 is 5.32 Å². The van der Waals surface area contributed by atoms with Gasteiger partial charge in [-0.15, -0.1) is 0 Å². The van der Waals surface area contributed by atoms with E-state index < -0.39 is 0 Å². The van der Waals surface area contributed by atoms with Gasteiger partial charge >= 0.3 is 0 Å². The van der Waals surface area contributed by atoms with E-state index in [2.05, 4.69) is 31.0 Å². The summed E-state index contributed by atoms with van der Waals surface area (Å²) in [5, 5.41) is 3.67. The minimum absolute atomic E-state index is 0.569. The van der Waals surface area contributed by atoms with Crippen LogP contribution in [0.1, 0.15) is 72.1 Å². The molecule has 5 rings (SSSR count). The normalized spacial score (nSPS) is 54.4. The molecule has 5 aliphatic rings. The smallest absolute Gasteiger partial charge is 0.0222 e. The molecule has 2 heteroatoms. The van der Waals surface area contributed by atoms with Gasteiger partial charge in [0.1, 0.15) is 0 Å². The van der Waals surface area contributed by atoms with Crippen molar-refractivity contribution in [2.24, 2.45) is 16.7 Å². The molecular weight excluding hydrogens is 256 g/mol. The Morgan fingerprint density at radius 2 is 1.67 bits per heavy atom. The van der Waals surface area contributed by atoms with Crippen molar-refractivity contribution < 1.29 is 0 Å². The van der Waals surface area contributed by atoms with Crippen LogP contribution in [0.5, 0.6) is 0 Å². The second kappa shape index (κ2) is 4.71. The van der Waals surface area contributed by atoms with Crippen LogP contribution in [0.25, 0.3) is 0 Å². The predicted molar refractivity (Wildman–Crippen MR) is 88.4 cm³/mol. The highest BCUT2D eigenvalue weighted by molar-refractivity contribution is 5.15. The molecule has 1 N–H and O–H groups in total. The molecule has 4 bridgehead atoms. The zero-order valence-corrected chi connectivity index (χ0v) is 14.4. The maximum atomic E-state index is 3.67. The number of nitrogens with zero attached hydrogens (tertiary/aromatic N) is 1. The minimum atomic E-state index is 0.569. The van der Waals surface area contributed by atoms with Gasteiger partial charge in [-0.2, -0.15) is 0 Å². The lowest BCUT2D eigenvalue weighted by Gasteiger charge is -2.68. The monoisotopic (exact) mass is 290 g/mol. The first kappa shape index (κ1) is 14.5. The van der Waals surface area contributed by atoms with Crippen LogP contribution in [0.15, 0.2) is 0 Å². The summed E-state index contributed by atoms with van der Waals surface area (Å²) in [4.78, 5) is 2.96. The van der Waals surface area contributed by atoms with E-state index >= 15 is 0 Å². The SMILES string of the molecule is CC1CCN(C23CC4CC(C)(CC(C)(C4)C2)C3)CCCN1. The lowest BCUT2D eigenvalue weighted by atomic mass is 9.42. The second-order valence-electron chi connectivity index (χ2n) is 9.84. The van der Waals surface area contributed by atoms with Crippen molar-refractivity contribution in [2.75, 3.05) is 19.6 Å². The van der Waals surface area contributed by atoms with E-state index in [9.17, 15) is 0 Å². The molecule has 0 aromatic carbocycles. The van der Waals surface area contributed by atoms with Crippen molar-refractivity contribution in [3.05, 3.63) is 0 Å². The summed E-state index contributed by atoms with van der Waals surface area (Å²) in [5.74, 6) is 1.03. The molecule has 4 aliphatic carbocycles. The Hall–Kier alpha value is -0.0800. The van der Waals surface area contributed by atoms with Crippen LogP contribution in [-0.2, 0) is 0 Å². The van der Waals surface area contributed by atoms with Gasteiger partial charge in [-0.05, 0) is 88.1 Å². The average Bonchev–Trinajstić information content (AvgIpc) is 2.29. The average molecular weight is 290 g/mol. The standard InChI is InChI=1S/C19H34N2/c1-15-5-8-21(7-4-6-20-15)19-11-16-9-17(2,13-19)12-18(3,10-16)14-19/h15-16,20H,4-14H2,1-3H3. The Morgan fingerprint density at radius 1 is 0.952 bits per heavy atom. The molecule has 1 saturated heterocycles. The molecule has 1 aliphatic heterocycles. The van der Waals surface area contributed by atoms with Crippen LogP contribution in [0.3, 0.4) is 0 Å². The molecule has 5 fully saturated rings. The van der Waals surface area contributed by atoms with E-state index in [0.29, 0.717) is 22.4 Å². The summed E-state index contributed by atoms with van der Waals surface area (Å²) in [7, 11) is 0. The molecule has 2 nitrogen and oxygen atoms in total. The van der Waals surface area contributed by atoms with Gasteiger partial charge in [-0.25, -0.2) is 0 Å². The molecule has 0 aromatic heterocycles. The fraction of sp³-hybridized carbons (Fsp3) is 1.00. The number of hydrogen-bond acceptors (Lipinski definition) is 2. The Morgan fingerprint density at radius 3 is 2.33 bits per heavy atom. The van der Waals surface area contributed by atoms with Crippen molar-refractivity contribution in [3.63, 3.8) is 0 Å². The fourth-order valence-electron chi connectivity index (χ4n) is 7.40. The minimum Gasteiger partial charge on any atom is -0.314 e. The molecule has 1 heterocycles. The number of hydrogen-bond donors (Lipinski definition) is 1. The van der Waals surface area contributed by atoms with Crippen molar-refractivity contribution in [3.8, 4) is 0 Å². The fourth-order valence-corrected chi connectivity index (χ4v) is 7.40. The largest absolute Gasteiger partial charge is 0.314 e. The van der Waals surface area contributed by atoms with Crippen molar-refractivity contribution >= 4 is 0 Å². The highest BCUT2D eigenvalue weighted by Gasteiger charge is 2.61. The molecule has 0 amide bonds. The van der Waals surface area contributed by atoms with Gasteiger partial charge in [0.15, 0.2) is 0 Å². The van der Waals surface area contributed by atoms with Gasteiger partial charge in [0.2, 0.25) is 0 Å². The topological polar surface area (TPSA) is 15.3 Å². The predicted octanol–water partition coefficient (Wildman–Crippen LogP) is 3.81. The van der Waals surface area contributed by atoms with Gasteiger partial charge in [-0.3, -0.25) is 4.90 Å². The Kier molecular flexibility index (Phi) is 3.25. The van der Waals surface area contributed by atoms with E-state index in [0.717, 1.165) is 5.92 Å². The maximum Gasteiger partial charge on any atom is 0.0222 e. The highest BCUT2D eigenvalue weighted by atomic mass is 15.2. The number of rotatable bonds is 1. The van der Waals surface area contributed by atoms with E-state index in [1.54, 1.807) is 0 Å². The summed E-state index contributed by atoms with van der Waals surface area (Å²) in [6.45, 7) is 11.5. The van der Waals surface area contributed by atoms with Gasteiger partial charge < -0.3 is 5.32 Å². The Labute approximate surface area is 131 Å². The first-order chi connectivity index (χ1) is 9.91. The molecule has 0 spiro atoms. The third kappa shape index (κ3) is 2.47. The van der Waals surface area contributed by atoms with Crippen LogP contribution >= 0.6 is 0 Å². The van der Waals surface area contributed by atoms with E-state index in [1.807, 2.05) is 0 Å². The number of nitrogens with one attached hydrogen (secondary N) is 1. The quantitative estimate of drug-likeness (QED) is 0.790. The molecule has 21 heavy (non-hydrogen) atoms. The lowest BCUT2D eigenvalue weighted by Crippen LogP contribution is -2.66. The molecule has 0 radical (unpaired) electrons. The Bertz CT molecular complexity index is 400. The zero-order valence-electron chi connectivity index (χ0n) is 14.4. The lowest BCUT2D eigenvalue weighted by molar-refractivity contribution is -0.162.